The minimum atomic E-state index is 0.534. The number of allylic oxidation sites excluding steroid dienone is 3. The maximum absolute atomic E-state index is 5.32. The molecule has 4 heterocycles. The Kier molecular flexibility index (Phi) is 6.43. The molecule has 0 saturated heterocycles. The summed E-state index contributed by atoms with van der Waals surface area (Å²) in [6, 6.07) is 54.8. The molecule has 0 N–H and O–H groups in total. The highest BCUT2D eigenvalue weighted by atomic mass is 15.1. The molecule has 7 aromatic carbocycles. The van der Waals surface area contributed by atoms with Crippen LogP contribution in [0, 0.1) is 0 Å². The maximum Gasteiger partial charge on any atom is 0.132 e. The summed E-state index contributed by atoms with van der Waals surface area (Å²) in [6.07, 6.45) is 6.04. The zero-order valence-corrected chi connectivity index (χ0v) is 28.9. The second-order valence-electron chi connectivity index (χ2n) is 13.9. The molecule has 3 aromatic heterocycles. The molecule has 0 unspecified atom stereocenters. The van der Waals surface area contributed by atoms with Crippen molar-refractivity contribution in [2.75, 3.05) is 0 Å². The monoisotopic (exact) mass is 676 g/mol. The highest BCUT2D eigenvalue weighted by molar-refractivity contribution is 6.20. The average molecular weight is 677 g/mol. The quantitative estimate of drug-likeness (QED) is 0.179. The summed E-state index contributed by atoms with van der Waals surface area (Å²) in [4.78, 5) is 10.1. The molecule has 4 nitrogen and oxygen atoms in total. The number of pyridine rings is 1. The van der Waals surface area contributed by atoms with E-state index in [1.165, 1.54) is 54.5 Å². The maximum atomic E-state index is 5.32. The van der Waals surface area contributed by atoms with Gasteiger partial charge in [-0.2, -0.15) is 0 Å². The standard InChI is InChI=1S/C49H32N4/c1-31-18-23-47(51-30-37-13-9-12-32-24-25-50-49(31)48(32)37)53-45-22-20-36(28-41(45)42-26-33-10-5-6-11-34(33)29-46(42)53)35-19-21-44-40(27-35)39-16-7-8-17-43(39)52(44)38-14-3-2-4-15-38/h2-29H,1,30H2/b23-18-,51-47?. The molecule has 0 bridgehead atoms. The van der Waals surface area contributed by atoms with Gasteiger partial charge >= 0.3 is 0 Å². The van der Waals surface area contributed by atoms with E-state index in [0.29, 0.717) is 6.54 Å². The van der Waals surface area contributed by atoms with Gasteiger partial charge in [0.15, 0.2) is 0 Å². The number of aliphatic imine (C=N–C) groups is 1. The van der Waals surface area contributed by atoms with E-state index in [9.17, 15) is 0 Å². The van der Waals surface area contributed by atoms with E-state index in [4.69, 9.17) is 9.98 Å². The minimum absolute atomic E-state index is 0.534. The summed E-state index contributed by atoms with van der Waals surface area (Å²) in [6.45, 7) is 4.99. The second kappa shape index (κ2) is 11.5. The Morgan fingerprint density at radius 2 is 1.15 bits per heavy atom. The predicted octanol–water partition coefficient (Wildman–Crippen LogP) is 12.3. The number of aromatic nitrogens is 3. The molecule has 0 spiro atoms. The second-order valence-corrected chi connectivity index (χ2v) is 13.9. The van der Waals surface area contributed by atoms with Crippen LogP contribution in [-0.2, 0) is 6.54 Å². The van der Waals surface area contributed by atoms with Gasteiger partial charge < -0.3 is 4.57 Å². The third-order valence-electron chi connectivity index (χ3n) is 10.9. The summed E-state index contributed by atoms with van der Waals surface area (Å²) in [7, 11) is 0. The van der Waals surface area contributed by atoms with Gasteiger partial charge in [-0.15, -0.1) is 0 Å². The fourth-order valence-corrected chi connectivity index (χ4v) is 8.44. The van der Waals surface area contributed by atoms with Gasteiger partial charge in [-0.25, -0.2) is 0 Å². The van der Waals surface area contributed by atoms with E-state index < -0.39 is 0 Å². The highest BCUT2D eigenvalue weighted by Crippen LogP contribution is 2.39. The van der Waals surface area contributed by atoms with E-state index in [1.807, 2.05) is 6.20 Å². The lowest BCUT2D eigenvalue weighted by Gasteiger charge is -2.10. The van der Waals surface area contributed by atoms with E-state index in [0.717, 1.165) is 50.2 Å². The Balaban J connectivity index is 1.13. The largest absolute Gasteiger partial charge is 0.309 e. The highest BCUT2D eigenvalue weighted by Gasteiger charge is 2.19. The zero-order valence-electron chi connectivity index (χ0n) is 28.9. The molecule has 0 amide bonds. The van der Waals surface area contributed by atoms with Gasteiger partial charge in [0.05, 0.1) is 34.3 Å². The van der Waals surface area contributed by atoms with Crippen molar-refractivity contribution < 1.29 is 0 Å². The molecule has 53 heavy (non-hydrogen) atoms. The topological polar surface area (TPSA) is 35.1 Å². The Hall–Kier alpha value is -7.04. The van der Waals surface area contributed by atoms with Crippen LogP contribution in [0.15, 0.2) is 182 Å². The zero-order chi connectivity index (χ0) is 35.0. The number of hydrogen-bond acceptors (Lipinski definition) is 2. The molecule has 1 aliphatic rings. The lowest BCUT2D eigenvalue weighted by Crippen LogP contribution is -2.09. The predicted molar refractivity (Wildman–Crippen MR) is 223 cm³/mol. The molecule has 11 rings (SSSR count). The lowest BCUT2D eigenvalue weighted by molar-refractivity contribution is 1.06. The van der Waals surface area contributed by atoms with Crippen LogP contribution in [0.3, 0.4) is 0 Å². The van der Waals surface area contributed by atoms with Crippen molar-refractivity contribution in [1.82, 2.24) is 14.1 Å². The summed E-state index contributed by atoms with van der Waals surface area (Å²) in [5.74, 6) is 0.870. The van der Waals surface area contributed by atoms with Crippen molar-refractivity contribution in [2.24, 2.45) is 4.99 Å². The summed E-state index contributed by atoms with van der Waals surface area (Å²) in [5.41, 5.74) is 11.1. The smallest absolute Gasteiger partial charge is 0.132 e. The number of hydrogen-bond donors (Lipinski definition) is 0. The van der Waals surface area contributed by atoms with Gasteiger partial charge in [0.25, 0.3) is 0 Å². The first-order chi connectivity index (χ1) is 26.2. The third-order valence-corrected chi connectivity index (χ3v) is 10.9. The van der Waals surface area contributed by atoms with Gasteiger partial charge in [0.1, 0.15) is 5.84 Å². The summed E-state index contributed by atoms with van der Waals surface area (Å²) in [5, 5.41) is 9.57. The molecular formula is C49H32N4. The Labute approximate surface area is 305 Å². The van der Waals surface area contributed by atoms with Crippen LogP contribution in [0.25, 0.3) is 87.5 Å². The van der Waals surface area contributed by atoms with Crippen LogP contribution >= 0.6 is 0 Å². The number of rotatable bonds is 2. The Morgan fingerprint density at radius 1 is 0.491 bits per heavy atom. The van der Waals surface area contributed by atoms with Crippen LogP contribution in [0.5, 0.6) is 0 Å². The van der Waals surface area contributed by atoms with Crippen LogP contribution in [-0.4, -0.2) is 20.0 Å². The van der Waals surface area contributed by atoms with E-state index >= 15 is 0 Å². The van der Waals surface area contributed by atoms with E-state index in [-0.39, 0.29) is 0 Å². The van der Waals surface area contributed by atoms with Gasteiger partial charge in [-0.3, -0.25) is 14.5 Å². The van der Waals surface area contributed by atoms with E-state index in [2.05, 4.69) is 180 Å². The molecule has 0 fully saturated rings. The van der Waals surface area contributed by atoms with Crippen LogP contribution in [0.4, 0.5) is 0 Å². The molecule has 0 radical (unpaired) electrons. The van der Waals surface area contributed by atoms with Crippen molar-refractivity contribution in [2.45, 2.75) is 6.54 Å². The van der Waals surface area contributed by atoms with Crippen LogP contribution in [0.1, 0.15) is 11.3 Å². The SMILES string of the molecule is C=C1/C=C\C(n2c3ccc(-c4ccc5c(c4)c4ccccc4n5-c4ccccc4)cc3c3cc4ccccc4cc32)=NCc2cccc3ccnc1c23. The first kappa shape index (κ1) is 29.7. The van der Waals surface area contributed by atoms with Crippen molar-refractivity contribution in [3.63, 3.8) is 0 Å². The van der Waals surface area contributed by atoms with Crippen molar-refractivity contribution in [3.05, 3.63) is 188 Å². The van der Waals surface area contributed by atoms with Gasteiger partial charge in [0.2, 0.25) is 0 Å². The molecule has 1 aliphatic heterocycles. The van der Waals surface area contributed by atoms with Crippen molar-refractivity contribution in [3.8, 4) is 16.8 Å². The molecule has 10 aromatic rings. The number of nitrogens with zero attached hydrogens (tertiary/aromatic N) is 4. The third kappa shape index (κ3) is 4.56. The minimum Gasteiger partial charge on any atom is -0.309 e. The summed E-state index contributed by atoms with van der Waals surface area (Å²) >= 11 is 0. The number of benzene rings is 7. The Morgan fingerprint density at radius 3 is 1.98 bits per heavy atom. The molecule has 0 atom stereocenters. The number of para-hydroxylation sites is 2. The van der Waals surface area contributed by atoms with Gasteiger partial charge in [-0.1, -0.05) is 97.6 Å². The first-order valence-corrected chi connectivity index (χ1v) is 18.0. The molecule has 248 valence electrons. The van der Waals surface area contributed by atoms with Crippen molar-refractivity contribution >= 4 is 76.6 Å². The fourth-order valence-electron chi connectivity index (χ4n) is 8.44. The van der Waals surface area contributed by atoms with Crippen LogP contribution < -0.4 is 0 Å². The van der Waals surface area contributed by atoms with Crippen molar-refractivity contribution in [1.29, 1.82) is 0 Å². The molecule has 4 heteroatoms. The lowest BCUT2D eigenvalue weighted by atomic mass is 10.00. The van der Waals surface area contributed by atoms with Gasteiger partial charge in [0, 0.05) is 38.8 Å². The molecule has 0 aliphatic carbocycles. The van der Waals surface area contributed by atoms with Crippen LogP contribution in [0.2, 0.25) is 0 Å². The van der Waals surface area contributed by atoms with Gasteiger partial charge in [-0.05, 0) is 111 Å². The average Bonchev–Trinajstić information content (AvgIpc) is 3.73. The van der Waals surface area contributed by atoms with E-state index in [1.54, 1.807) is 0 Å². The fraction of sp³-hybridized carbons (Fsp3) is 0.0204. The Bertz CT molecular complexity index is 3200. The molecular weight excluding hydrogens is 645 g/mol. The molecule has 0 saturated carbocycles. The summed E-state index contributed by atoms with van der Waals surface area (Å²) < 4.78 is 4.69. The number of fused-ring (bicyclic) bond motifs is 7. The first-order valence-electron chi connectivity index (χ1n) is 18.0. The normalized spacial score (nSPS) is 13.9.